The van der Waals surface area contributed by atoms with E-state index < -0.39 is 18.1 Å². The summed E-state index contributed by atoms with van der Waals surface area (Å²) in [6.07, 6.45) is 0.659. The van der Waals surface area contributed by atoms with Gasteiger partial charge in [-0.3, -0.25) is 9.59 Å². The lowest BCUT2D eigenvalue weighted by atomic mass is 10.0. The van der Waals surface area contributed by atoms with Gasteiger partial charge in [0.25, 0.3) is 11.8 Å². The maximum atomic E-state index is 14.4. The number of hydrogen-bond donors (Lipinski definition) is 3. The van der Waals surface area contributed by atoms with Crippen LogP contribution in [0.4, 0.5) is 16.0 Å². The predicted octanol–water partition coefficient (Wildman–Crippen LogP) is 4.34. The number of alkyl halides is 1. The highest BCUT2D eigenvalue weighted by atomic mass is 35.5. The SMILES string of the molecule is COc1cc(C(=O)N[C@H]2CCN(C)C[C@H]2F)c(Cl)cc1Nc1ncc(Cl)c(Oc2cccc3c2C(=O)NC3)n1. The number of nitrogens with zero attached hydrogens (tertiary/aromatic N) is 3. The Kier molecular flexibility index (Phi) is 7.74. The quantitative estimate of drug-likeness (QED) is 0.381. The van der Waals surface area contributed by atoms with E-state index in [1.54, 1.807) is 12.1 Å². The van der Waals surface area contributed by atoms with Gasteiger partial charge in [0.05, 0.1) is 41.2 Å². The topological polar surface area (TPSA) is 118 Å². The number of anilines is 2. The summed E-state index contributed by atoms with van der Waals surface area (Å²) in [6, 6.07) is 7.60. The van der Waals surface area contributed by atoms with Crippen molar-refractivity contribution in [1.29, 1.82) is 0 Å². The fourth-order valence-corrected chi connectivity index (χ4v) is 4.88. The zero-order chi connectivity index (χ0) is 27.7. The number of likely N-dealkylation sites (tertiary alicyclic amines) is 1. The number of ether oxygens (including phenoxy) is 2. The molecule has 3 heterocycles. The molecule has 2 atom stereocenters. The molecule has 39 heavy (non-hydrogen) atoms. The summed E-state index contributed by atoms with van der Waals surface area (Å²) in [6.45, 7) is 1.34. The molecule has 0 aliphatic carbocycles. The third-order valence-electron chi connectivity index (χ3n) is 6.54. The first kappa shape index (κ1) is 26.9. The van der Waals surface area contributed by atoms with Gasteiger partial charge in [-0.1, -0.05) is 35.3 Å². The molecule has 3 N–H and O–H groups in total. The molecule has 0 spiro atoms. The molecule has 2 amide bonds. The van der Waals surface area contributed by atoms with Crippen LogP contribution >= 0.6 is 23.2 Å². The Hall–Kier alpha value is -3.67. The Balaban J connectivity index is 1.36. The van der Waals surface area contributed by atoms with Gasteiger partial charge in [0.15, 0.2) is 0 Å². The van der Waals surface area contributed by atoms with Crippen molar-refractivity contribution >= 4 is 46.7 Å². The second kappa shape index (κ2) is 11.2. The molecule has 204 valence electrons. The molecule has 0 unspecified atom stereocenters. The number of benzene rings is 2. The van der Waals surface area contributed by atoms with E-state index in [1.165, 1.54) is 25.4 Å². The van der Waals surface area contributed by atoms with Gasteiger partial charge in [0.2, 0.25) is 11.8 Å². The summed E-state index contributed by atoms with van der Waals surface area (Å²) in [5.74, 6) is -0.0225. The lowest BCUT2D eigenvalue weighted by molar-refractivity contribution is 0.0821. The van der Waals surface area contributed by atoms with Crippen LogP contribution in [-0.4, -0.2) is 66.1 Å². The molecule has 3 aromatic rings. The molecule has 0 bridgehead atoms. The highest BCUT2D eigenvalue weighted by Gasteiger charge is 2.30. The van der Waals surface area contributed by atoms with Crippen molar-refractivity contribution in [2.45, 2.75) is 25.2 Å². The van der Waals surface area contributed by atoms with Crippen LogP contribution in [0, 0.1) is 0 Å². The minimum atomic E-state index is -1.18. The van der Waals surface area contributed by atoms with Gasteiger partial charge in [0, 0.05) is 19.6 Å². The van der Waals surface area contributed by atoms with E-state index in [0.29, 0.717) is 36.5 Å². The number of halogens is 3. The number of aromatic nitrogens is 2. The number of nitrogens with one attached hydrogen (secondary N) is 3. The summed E-state index contributed by atoms with van der Waals surface area (Å²) in [7, 11) is 3.27. The fourth-order valence-electron chi connectivity index (χ4n) is 4.50. The van der Waals surface area contributed by atoms with Crippen molar-refractivity contribution in [3.63, 3.8) is 0 Å². The van der Waals surface area contributed by atoms with Crippen LogP contribution in [-0.2, 0) is 6.54 Å². The zero-order valence-corrected chi connectivity index (χ0v) is 22.6. The monoisotopic (exact) mass is 574 g/mol. The molecule has 2 aliphatic heterocycles. The van der Waals surface area contributed by atoms with Crippen molar-refractivity contribution < 1.29 is 23.5 Å². The number of carbonyl (C=O) groups is 2. The van der Waals surface area contributed by atoms with Crippen molar-refractivity contribution in [3.05, 3.63) is 63.3 Å². The Morgan fingerprint density at radius 3 is 2.82 bits per heavy atom. The maximum Gasteiger partial charge on any atom is 0.255 e. The molecular formula is C26H25Cl2FN6O4. The Morgan fingerprint density at radius 2 is 2.05 bits per heavy atom. The third-order valence-corrected chi connectivity index (χ3v) is 7.11. The second-order valence-electron chi connectivity index (χ2n) is 9.23. The van der Waals surface area contributed by atoms with Crippen LogP contribution < -0.4 is 25.4 Å². The molecule has 0 saturated carbocycles. The molecule has 2 aromatic carbocycles. The van der Waals surface area contributed by atoms with Crippen LogP contribution in [0.5, 0.6) is 17.4 Å². The normalized spacial score (nSPS) is 18.7. The first-order chi connectivity index (χ1) is 18.7. The predicted molar refractivity (Wildman–Crippen MR) is 144 cm³/mol. The second-order valence-corrected chi connectivity index (χ2v) is 10.0. The minimum absolute atomic E-state index is 0.0298. The van der Waals surface area contributed by atoms with Crippen LogP contribution in [0.2, 0.25) is 10.0 Å². The van der Waals surface area contributed by atoms with E-state index in [-0.39, 0.29) is 45.6 Å². The Labute approximate surface area is 233 Å². The smallest absolute Gasteiger partial charge is 0.255 e. The standard InChI is InChI=1S/C26H25Cl2FN6O4/c1-35-7-6-18(17(29)12-35)32-23(36)14-8-21(38-2)19(9-15(14)27)33-26-31-11-16(28)25(34-26)39-20-5-3-4-13-10-30-24(37)22(13)20/h3-5,8-9,11,17-18H,6-7,10,12H2,1-2H3,(H,30,37)(H,32,36)(H,31,33,34)/t17-,18+/m1/s1. The fraction of sp³-hybridized carbons (Fsp3) is 0.308. The molecule has 13 heteroatoms. The molecule has 10 nitrogen and oxygen atoms in total. The summed E-state index contributed by atoms with van der Waals surface area (Å²) in [5, 5.41) is 8.74. The molecule has 1 fully saturated rings. The number of fused-ring (bicyclic) bond motifs is 1. The number of methoxy groups -OCH3 is 1. The van der Waals surface area contributed by atoms with Crippen molar-refractivity contribution in [3.8, 4) is 17.4 Å². The highest BCUT2D eigenvalue weighted by Crippen LogP contribution is 2.36. The third kappa shape index (κ3) is 5.70. The van der Waals surface area contributed by atoms with Gasteiger partial charge >= 0.3 is 0 Å². The van der Waals surface area contributed by atoms with Gasteiger partial charge < -0.3 is 30.3 Å². The maximum absolute atomic E-state index is 14.4. The average molecular weight is 575 g/mol. The zero-order valence-electron chi connectivity index (χ0n) is 21.1. The largest absolute Gasteiger partial charge is 0.495 e. The summed E-state index contributed by atoms with van der Waals surface area (Å²) in [5.41, 5.74) is 1.74. The Bertz CT molecular complexity index is 1440. The van der Waals surface area contributed by atoms with Crippen LogP contribution in [0.15, 0.2) is 36.5 Å². The Morgan fingerprint density at radius 1 is 1.23 bits per heavy atom. The van der Waals surface area contributed by atoms with E-state index in [0.717, 1.165) is 5.56 Å². The number of hydrogen-bond acceptors (Lipinski definition) is 8. The number of carbonyl (C=O) groups excluding carboxylic acids is 2. The van der Waals surface area contributed by atoms with Crippen molar-refractivity contribution in [1.82, 2.24) is 25.5 Å². The van der Waals surface area contributed by atoms with Gasteiger partial charge in [0.1, 0.15) is 22.7 Å². The van der Waals surface area contributed by atoms with E-state index >= 15 is 0 Å². The van der Waals surface area contributed by atoms with Crippen molar-refractivity contribution in [2.75, 3.05) is 32.6 Å². The minimum Gasteiger partial charge on any atom is -0.495 e. The average Bonchev–Trinajstić information content (AvgIpc) is 3.29. The first-order valence-corrected chi connectivity index (χ1v) is 12.9. The molecule has 5 rings (SSSR count). The first-order valence-electron chi connectivity index (χ1n) is 12.1. The number of rotatable bonds is 7. The molecule has 1 aromatic heterocycles. The van der Waals surface area contributed by atoms with E-state index in [4.69, 9.17) is 32.7 Å². The van der Waals surface area contributed by atoms with Gasteiger partial charge in [-0.15, -0.1) is 0 Å². The van der Waals surface area contributed by atoms with Crippen LogP contribution in [0.1, 0.15) is 32.7 Å². The van der Waals surface area contributed by atoms with Gasteiger partial charge in [-0.2, -0.15) is 4.98 Å². The number of piperidine rings is 1. The highest BCUT2D eigenvalue weighted by molar-refractivity contribution is 6.34. The molecule has 0 radical (unpaired) electrons. The van der Waals surface area contributed by atoms with E-state index in [1.807, 2.05) is 18.0 Å². The van der Waals surface area contributed by atoms with Crippen LogP contribution in [0.25, 0.3) is 0 Å². The lowest BCUT2D eigenvalue weighted by Gasteiger charge is -2.32. The molecular weight excluding hydrogens is 550 g/mol. The lowest BCUT2D eigenvalue weighted by Crippen LogP contribution is -2.51. The van der Waals surface area contributed by atoms with Gasteiger partial charge in [-0.25, -0.2) is 9.37 Å². The molecule has 1 saturated heterocycles. The van der Waals surface area contributed by atoms with E-state index in [2.05, 4.69) is 25.9 Å². The summed E-state index contributed by atoms with van der Waals surface area (Å²) < 4.78 is 25.8. The summed E-state index contributed by atoms with van der Waals surface area (Å²) >= 11 is 12.7. The van der Waals surface area contributed by atoms with Crippen LogP contribution in [0.3, 0.4) is 0 Å². The molecule has 2 aliphatic rings. The van der Waals surface area contributed by atoms with E-state index in [9.17, 15) is 14.0 Å². The van der Waals surface area contributed by atoms with Gasteiger partial charge in [-0.05, 0) is 37.2 Å². The summed E-state index contributed by atoms with van der Waals surface area (Å²) in [4.78, 5) is 35.6. The van der Waals surface area contributed by atoms with Crippen molar-refractivity contribution in [2.24, 2.45) is 0 Å². The number of amides is 2.